The number of nitrogens with zero attached hydrogens (tertiary/aromatic N) is 4. The molecule has 0 bridgehead atoms. The van der Waals surface area contributed by atoms with E-state index in [1.807, 2.05) is 24.0 Å². The maximum absolute atomic E-state index is 13.4. The van der Waals surface area contributed by atoms with Gasteiger partial charge in [-0.25, -0.2) is 19.2 Å². The fourth-order valence-corrected chi connectivity index (χ4v) is 2.81. The van der Waals surface area contributed by atoms with E-state index in [1.54, 1.807) is 6.07 Å². The van der Waals surface area contributed by atoms with Gasteiger partial charge in [0.2, 0.25) is 0 Å². The Labute approximate surface area is 146 Å². The molecule has 2 aromatic rings. The molecule has 2 amide bonds. The molecule has 25 heavy (non-hydrogen) atoms. The monoisotopic (exact) mass is 343 g/mol. The summed E-state index contributed by atoms with van der Waals surface area (Å²) in [6.45, 7) is 5.44. The van der Waals surface area contributed by atoms with E-state index >= 15 is 0 Å². The number of benzene rings is 1. The van der Waals surface area contributed by atoms with Gasteiger partial charge in [-0.1, -0.05) is 19.1 Å². The molecule has 3 rings (SSSR count). The molecule has 1 fully saturated rings. The van der Waals surface area contributed by atoms with Gasteiger partial charge in [0, 0.05) is 44.4 Å². The van der Waals surface area contributed by atoms with E-state index in [1.165, 1.54) is 18.5 Å². The van der Waals surface area contributed by atoms with Gasteiger partial charge < -0.3 is 15.1 Å². The van der Waals surface area contributed by atoms with E-state index in [0.717, 1.165) is 17.8 Å². The molecular weight excluding hydrogens is 321 g/mol. The van der Waals surface area contributed by atoms with Crippen molar-refractivity contribution in [3.05, 3.63) is 42.5 Å². The summed E-state index contributed by atoms with van der Waals surface area (Å²) >= 11 is 0. The molecule has 0 unspecified atom stereocenters. The van der Waals surface area contributed by atoms with Crippen LogP contribution in [0.3, 0.4) is 0 Å². The topological polar surface area (TPSA) is 61.4 Å². The molecule has 2 heterocycles. The molecule has 1 N–H and O–H groups in total. The SMILES string of the molecule is CCCNC(=O)N1CCN(c2cc(-c3cccc(F)c3)ncn2)CC1. The van der Waals surface area contributed by atoms with Crippen molar-refractivity contribution in [2.45, 2.75) is 13.3 Å². The van der Waals surface area contributed by atoms with Crippen molar-refractivity contribution < 1.29 is 9.18 Å². The Kier molecular flexibility index (Phi) is 5.42. The van der Waals surface area contributed by atoms with Crippen LogP contribution in [0, 0.1) is 5.82 Å². The third-order valence-corrected chi connectivity index (χ3v) is 4.19. The molecule has 0 radical (unpaired) electrons. The second-order valence-corrected chi connectivity index (χ2v) is 5.98. The van der Waals surface area contributed by atoms with Gasteiger partial charge in [-0.05, 0) is 18.6 Å². The Bertz CT molecular complexity index is 731. The van der Waals surface area contributed by atoms with Gasteiger partial charge >= 0.3 is 6.03 Å². The summed E-state index contributed by atoms with van der Waals surface area (Å²) in [6.07, 6.45) is 2.42. The van der Waals surface area contributed by atoms with Crippen molar-refractivity contribution in [2.24, 2.45) is 0 Å². The Hall–Kier alpha value is -2.70. The summed E-state index contributed by atoms with van der Waals surface area (Å²) in [6, 6.07) is 8.22. The number of hydrogen-bond acceptors (Lipinski definition) is 4. The van der Waals surface area contributed by atoms with Gasteiger partial charge in [-0.15, -0.1) is 0 Å². The van der Waals surface area contributed by atoms with Crippen LogP contribution in [-0.2, 0) is 0 Å². The van der Waals surface area contributed by atoms with Crippen molar-refractivity contribution >= 4 is 11.8 Å². The first kappa shape index (κ1) is 17.1. The predicted octanol–water partition coefficient (Wildman–Crippen LogP) is 2.52. The molecule has 7 heteroatoms. The van der Waals surface area contributed by atoms with Crippen LogP contribution in [0.1, 0.15) is 13.3 Å². The van der Waals surface area contributed by atoms with Gasteiger partial charge in [0.1, 0.15) is 18.0 Å². The van der Waals surface area contributed by atoms with Crippen LogP contribution in [0.15, 0.2) is 36.7 Å². The lowest BCUT2D eigenvalue weighted by Gasteiger charge is -2.35. The summed E-state index contributed by atoms with van der Waals surface area (Å²) in [7, 11) is 0. The van der Waals surface area contributed by atoms with E-state index in [2.05, 4.69) is 20.2 Å². The lowest BCUT2D eigenvalue weighted by Crippen LogP contribution is -2.52. The fourth-order valence-electron chi connectivity index (χ4n) is 2.81. The molecule has 132 valence electrons. The highest BCUT2D eigenvalue weighted by Crippen LogP contribution is 2.22. The van der Waals surface area contributed by atoms with Crippen LogP contribution >= 0.6 is 0 Å². The Balaban J connectivity index is 1.66. The summed E-state index contributed by atoms with van der Waals surface area (Å²) in [4.78, 5) is 24.5. The molecule has 1 saturated heterocycles. The molecule has 0 atom stereocenters. The Morgan fingerprint density at radius 1 is 1.20 bits per heavy atom. The van der Waals surface area contributed by atoms with Crippen LogP contribution < -0.4 is 10.2 Å². The van der Waals surface area contributed by atoms with Crippen molar-refractivity contribution in [1.82, 2.24) is 20.2 Å². The van der Waals surface area contributed by atoms with Crippen molar-refractivity contribution in [2.75, 3.05) is 37.6 Å². The number of rotatable bonds is 4. The zero-order chi connectivity index (χ0) is 17.6. The van der Waals surface area contributed by atoms with E-state index in [9.17, 15) is 9.18 Å². The van der Waals surface area contributed by atoms with Crippen molar-refractivity contribution in [1.29, 1.82) is 0 Å². The highest BCUT2D eigenvalue weighted by molar-refractivity contribution is 5.74. The minimum atomic E-state index is -0.288. The standard InChI is InChI=1S/C18H22FN5O/c1-2-6-20-18(25)24-9-7-23(8-10-24)17-12-16(21-13-22-17)14-4-3-5-15(19)11-14/h3-5,11-13H,2,6-10H2,1H3,(H,20,25). The van der Waals surface area contributed by atoms with Gasteiger partial charge in [-0.3, -0.25) is 0 Å². The quantitative estimate of drug-likeness (QED) is 0.927. The van der Waals surface area contributed by atoms with Crippen LogP contribution in [-0.4, -0.2) is 53.6 Å². The average Bonchev–Trinajstić information content (AvgIpc) is 2.66. The maximum Gasteiger partial charge on any atom is 0.317 e. The molecule has 0 spiro atoms. The minimum absolute atomic E-state index is 0.00960. The molecule has 1 aromatic carbocycles. The molecule has 1 aliphatic heterocycles. The molecule has 1 aromatic heterocycles. The molecule has 1 aliphatic rings. The second-order valence-electron chi connectivity index (χ2n) is 5.98. The molecule has 0 saturated carbocycles. The second kappa shape index (κ2) is 7.92. The Morgan fingerprint density at radius 2 is 2.00 bits per heavy atom. The normalized spacial score (nSPS) is 14.5. The number of anilines is 1. The highest BCUT2D eigenvalue weighted by atomic mass is 19.1. The number of halogens is 1. The van der Waals surface area contributed by atoms with E-state index in [0.29, 0.717) is 38.4 Å². The molecule has 6 nitrogen and oxygen atoms in total. The summed E-state index contributed by atoms with van der Waals surface area (Å²) in [5.74, 6) is 0.507. The first-order chi connectivity index (χ1) is 12.2. The van der Waals surface area contributed by atoms with Gasteiger partial charge in [0.05, 0.1) is 5.69 Å². The summed E-state index contributed by atoms with van der Waals surface area (Å²) in [5.41, 5.74) is 1.41. The number of piperazine rings is 1. The lowest BCUT2D eigenvalue weighted by molar-refractivity contribution is 0.194. The molecule has 0 aliphatic carbocycles. The van der Waals surface area contributed by atoms with E-state index in [4.69, 9.17) is 0 Å². The van der Waals surface area contributed by atoms with E-state index in [-0.39, 0.29) is 11.8 Å². The third kappa shape index (κ3) is 4.23. The van der Waals surface area contributed by atoms with Crippen molar-refractivity contribution in [3.8, 4) is 11.3 Å². The largest absolute Gasteiger partial charge is 0.353 e. The Morgan fingerprint density at radius 3 is 2.72 bits per heavy atom. The van der Waals surface area contributed by atoms with Crippen LogP contribution in [0.5, 0.6) is 0 Å². The smallest absolute Gasteiger partial charge is 0.317 e. The zero-order valence-corrected chi connectivity index (χ0v) is 14.3. The van der Waals surface area contributed by atoms with Crippen LogP contribution in [0.2, 0.25) is 0 Å². The number of hydrogen-bond donors (Lipinski definition) is 1. The van der Waals surface area contributed by atoms with Gasteiger partial charge in [0.25, 0.3) is 0 Å². The number of nitrogens with one attached hydrogen (secondary N) is 1. The fraction of sp³-hybridized carbons (Fsp3) is 0.389. The average molecular weight is 343 g/mol. The predicted molar refractivity (Wildman–Crippen MR) is 94.9 cm³/mol. The van der Waals surface area contributed by atoms with Crippen LogP contribution in [0.4, 0.5) is 15.0 Å². The number of urea groups is 1. The first-order valence-electron chi connectivity index (χ1n) is 8.53. The molecular formula is C18H22FN5O. The summed E-state index contributed by atoms with van der Waals surface area (Å²) < 4.78 is 13.4. The van der Waals surface area contributed by atoms with E-state index < -0.39 is 0 Å². The lowest BCUT2D eigenvalue weighted by atomic mass is 10.1. The third-order valence-electron chi connectivity index (χ3n) is 4.19. The maximum atomic E-state index is 13.4. The van der Waals surface area contributed by atoms with Gasteiger partial charge in [-0.2, -0.15) is 0 Å². The number of amides is 2. The number of carbonyl (C=O) groups excluding carboxylic acids is 1. The number of aromatic nitrogens is 2. The highest BCUT2D eigenvalue weighted by Gasteiger charge is 2.21. The minimum Gasteiger partial charge on any atom is -0.353 e. The van der Waals surface area contributed by atoms with Crippen molar-refractivity contribution in [3.63, 3.8) is 0 Å². The first-order valence-corrected chi connectivity index (χ1v) is 8.53. The van der Waals surface area contributed by atoms with Gasteiger partial charge in [0.15, 0.2) is 0 Å². The van der Waals surface area contributed by atoms with Crippen LogP contribution in [0.25, 0.3) is 11.3 Å². The zero-order valence-electron chi connectivity index (χ0n) is 14.3. The number of carbonyl (C=O) groups is 1. The summed E-state index contributed by atoms with van der Waals surface area (Å²) in [5, 5.41) is 2.90.